The predicted molar refractivity (Wildman–Crippen MR) is 263 cm³/mol. The normalized spacial score (nSPS) is 19.0. The quantitative estimate of drug-likeness (QED) is 0.0398. The van der Waals surface area contributed by atoms with E-state index in [9.17, 15) is 28.0 Å². The van der Waals surface area contributed by atoms with E-state index in [0.717, 1.165) is 127 Å². The average molecular weight is 973 g/mol. The molecule has 4 amide bonds. The molecule has 1 aliphatic heterocycles. The summed E-state index contributed by atoms with van der Waals surface area (Å²) in [4.78, 5) is 65.7. The molecule has 3 aliphatic rings. The third-order valence-electron chi connectivity index (χ3n) is 13.8. The summed E-state index contributed by atoms with van der Waals surface area (Å²) < 4.78 is 29.5. The number of carbonyl (C=O) groups excluding carboxylic acids is 4. The first-order valence-corrected chi connectivity index (χ1v) is 25.3. The Bertz CT molecular complexity index is 2360. The number of nitrogens with one attached hydrogen (secondary N) is 6. The van der Waals surface area contributed by atoms with E-state index < -0.39 is 29.8 Å². The molecular formula is C51H68ClF2N11O4. The van der Waals surface area contributed by atoms with Crippen LogP contribution in [0.25, 0.3) is 0 Å². The Balaban J connectivity index is 0.836. The van der Waals surface area contributed by atoms with Gasteiger partial charge in [0.25, 0.3) is 0 Å². The maximum Gasteiger partial charge on any atom is 0.246 e. The standard InChI is InChI=1S/C51H68ClF2N11O4/c1-33(55-2)48(67)62-46(35-17-9-8-10-18-35)50(69)65-32-38(27-44(65)49(68)61-43-21-15-19-34-16-12-13-20-40(34)43)59-45(66)22-11-6-4-3-5-7-14-25-64-31-39(29-58-64)60-51-57-30-41(52)47(63-51)56-28-36-26-37(53)23-24-42(36)54/h12-13,16,20,23-24,26,29-31,33,35,38,43-44,46,55H,3-11,14-15,17-19,21-22,25,27-28,32H2,1-2H3,(H,59,66)(H,61,68)(H,62,67)(H2,56,57,60,63). The van der Waals surface area contributed by atoms with E-state index in [1.54, 1.807) is 25.1 Å². The number of aromatic nitrogens is 4. The molecule has 15 nitrogen and oxygen atoms in total. The second-order valence-corrected chi connectivity index (χ2v) is 19.3. The first-order valence-electron chi connectivity index (χ1n) is 24.9. The minimum Gasteiger partial charge on any atom is -0.364 e. The highest BCUT2D eigenvalue weighted by molar-refractivity contribution is 6.32. The molecule has 69 heavy (non-hydrogen) atoms. The van der Waals surface area contributed by atoms with Gasteiger partial charge in [-0.05, 0) is 101 Å². The average Bonchev–Trinajstić information content (AvgIpc) is 4.00. The van der Waals surface area contributed by atoms with Gasteiger partial charge in [0.1, 0.15) is 28.7 Å². The summed E-state index contributed by atoms with van der Waals surface area (Å²) in [5.41, 5.74) is 3.18. The van der Waals surface area contributed by atoms with E-state index in [1.807, 2.05) is 23.0 Å². The smallest absolute Gasteiger partial charge is 0.246 e. The molecule has 4 aromatic rings. The maximum atomic E-state index is 14.6. The van der Waals surface area contributed by atoms with Crippen LogP contribution in [0, 0.1) is 17.6 Å². The van der Waals surface area contributed by atoms with Gasteiger partial charge < -0.3 is 36.8 Å². The Morgan fingerprint density at radius 3 is 2.46 bits per heavy atom. The Morgan fingerprint density at radius 1 is 0.899 bits per heavy atom. The summed E-state index contributed by atoms with van der Waals surface area (Å²) in [5.74, 6) is -1.36. The lowest BCUT2D eigenvalue weighted by atomic mass is 9.83. The van der Waals surface area contributed by atoms with Gasteiger partial charge in [0.2, 0.25) is 29.6 Å². The number of fused-ring (bicyclic) bond motifs is 1. The molecule has 0 radical (unpaired) electrons. The minimum absolute atomic E-state index is 0.0103. The fourth-order valence-electron chi connectivity index (χ4n) is 9.87. The summed E-state index contributed by atoms with van der Waals surface area (Å²) >= 11 is 6.25. The van der Waals surface area contributed by atoms with Crippen molar-refractivity contribution in [2.24, 2.45) is 5.92 Å². The number of carbonyl (C=O) groups is 4. The topological polar surface area (TPSA) is 187 Å². The van der Waals surface area contributed by atoms with E-state index in [2.05, 4.69) is 59.1 Å². The zero-order valence-corrected chi connectivity index (χ0v) is 40.6. The van der Waals surface area contributed by atoms with Crippen LogP contribution in [0.3, 0.4) is 0 Å². The van der Waals surface area contributed by atoms with Gasteiger partial charge in [-0.25, -0.2) is 13.8 Å². The maximum absolute atomic E-state index is 14.6. The number of anilines is 3. The molecule has 1 saturated heterocycles. The monoisotopic (exact) mass is 972 g/mol. The van der Waals surface area contributed by atoms with Crippen molar-refractivity contribution in [3.05, 3.63) is 94.4 Å². The molecule has 2 aliphatic carbocycles. The summed E-state index contributed by atoms with van der Waals surface area (Å²) in [6.07, 6.45) is 19.9. The minimum atomic E-state index is -0.773. The number of benzene rings is 2. The van der Waals surface area contributed by atoms with Crippen LogP contribution in [0.2, 0.25) is 5.02 Å². The van der Waals surface area contributed by atoms with E-state index in [4.69, 9.17) is 11.6 Å². The molecule has 3 heterocycles. The molecule has 1 saturated carbocycles. The number of hydrogen-bond acceptors (Lipinski definition) is 10. The fourth-order valence-corrected chi connectivity index (χ4v) is 10.0. The predicted octanol–water partition coefficient (Wildman–Crippen LogP) is 8.03. The Hall–Kier alpha value is -5.68. The Labute approximate surface area is 409 Å². The highest BCUT2D eigenvalue weighted by Gasteiger charge is 2.45. The van der Waals surface area contributed by atoms with Crippen LogP contribution in [0.5, 0.6) is 0 Å². The van der Waals surface area contributed by atoms with Crippen LogP contribution in [0.1, 0.15) is 132 Å². The van der Waals surface area contributed by atoms with Crippen molar-refractivity contribution in [3.63, 3.8) is 0 Å². The summed E-state index contributed by atoms with van der Waals surface area (Å²) in [6, 6.07) is 8.91. The summed E-state index contributed by atoms with van der Waals surface area (Å²) in [6.45, 7) is 2.70. The number of likely N-dealkylation sites (N-methyl/N-ethyl adjacent to an activating group) is 1. The summed E-state index contributed by atoms with van der Waals surface area (Å²) in [5, 5.41) is 23.2. The fraction of sp³-hybridized carbons (Fsp3) is 0.549. The van der Waals surface area contributed by atoms with Crippen LogP contribution >= 0.6 is 11.6 Å². The zero-order valence-electron chi connectivity index (χ0n) is 39.9. The first kappa shape index (κ1) is 51.2. The van der Waals surface area contributed by atoms with Crippen molar-refractivity contribution in [1.29, 1.82) is 0 Å². The first-order chi connectivity index (χ1) is 33.4. The van der Waals surface area contributed by atoms with Crippen LogP contribution in [-0.4, -0.2) is 86.0 Å². The lowest BCUT2D eigenvalue weighted by molar-refractivity contribution is -0.143. The van der Waals surface area contributed by atoms with E-state index >= 15 is 0 Å². The van der Waals surface area contributed by atoms with E-state index in [1.165, 1.54) is 11.8 Å². The third kappa shape index (κ3) is 14.4. The number of unbranched alkanes of at least 4 members (excludes halogenated alkanes) is 6. The number of likely N-dealkylation sites (tertiary alicyclic amines) is 1. The highest BCUT2D eigenvalue weighted by Crippen LogP contribution is 2.33. The lowest BCUT2D eigenvalue weighted by Crippen LogP contribution is -2.58. The van der Waals surface area contributed by atoms with Crippen molar-refractivity contribution in [2.45, 2.75) is 159 Å². The van der Waals surface area contributed by atoms with Crippen molar-refractivity contribution in [1.82, 2.24) is 45.9 Å². The number of nitrogens with zero attached hydrogens (tertiary/aromatic N) is 5. The van der Waals surface area contributed by atoms with E-state index in [0.29, 0.717) is 18.5 Å². The van der Waals surface area contributed by atoms with Crippen molar-refractivity contribution < 1.29 is 28.0 Å². The lowest BCUT2D eigenvalue weighted by Gasteiger charge is -2.35. The van der Waals surface area contributed by atoms with Gasteiger partial charge in [-0.15, -0.1) is 0 Å². The van der Waals surface area contributed by atoms with Gasteiger partial charge in [0, 0.05) is 43.9 Å². The molecule has 2 fully saturated rings. The molecule has 2 aromatic heterocycles. The Kier molecular flexibility index (Phi) is 18.7. The molecule has 0 spiro atoms. The number of hydrogen-bond donors (Lipinski definition) is 6. The second-order valence-electron chi connectivity index (χ2n) is 18.9. The molecule has 2 aromatic carbocycles. The number of aryl methyl sites for hydroxylation is 2. The molecule has 18 heteroatoms. The number of halogens is 3. The van der Waals surface area contributed by atoms with Crippen molar-refractivity contribution in [3.8, 4) is 0 Å². The molecule has 5 atom stereocenters. The SMILES string of the molecule is CNC(C)C(=O)NC(C(=O)N1CC(NC(=O)CCCCCCCCCn2cc(Nc3ncc(Cl)c(NCc4cc(F)ccc4F)n3)cn2)CC1C(=O)NC1CCCc2ccccc21)C1CCCCC1. The molecule has 5 unspecified atom stereocenters. The molecule has 372 valence electrons. The van der Waals surface area contributed by atoms with Gasteiger partial charge in [0.15, 0.2) is 5.82 Å². The van der Waals surface area contributed by atoms with Gasteiger partial charge >= 0.3 is 0 Å². The number of rotatable bonds is 23. The largest absolute Gasteiger partial charge is 0.364 e. The molecule has 6 N–H and O–H groups in total. The Morgan fingerprint density at radius 2 is 1.67 bits per heavy atom. The second kappa shape index (κ2) is 25.3. The van der Waals surface area contributed by atoms with Gasteiger partial charge in [0.05, 0.1) is 30.2 Å². The van der Waals surface area contributed by atoms with Gasteiger partial charge in [-0.2, -0.15) is 10.1 Å². The van der Waals surface area contributed by atoms with E-state index in [-0.39, 0.29) is 77.1 Å². The van der Waals surface area contributed by atoms with Crippen LogP contribution in [0.4, 0.5) is 26.2 Å². The van der Waals surface area contributed by atoms with Gasteiger partial charge in [-0.1, -0.05) is 87.2 Å². The van der Waals surface area contributed by atoms with Crippen LogP contribution in [-0.2, 0) is 38.7 Å². The van der Waals surface area contributed by atoms with Crippen LogP contribution < -0.4 is 31.9 Å². The van der Waals surface area contributed by atoms with Gasteiger partial charge in [-0.3, -0.25) is 23.9 Å². The molecular weight excluding hydrogens is 904 g/mol. The zero-order chi connectivity index (χ0) is 48.7. The summed E-state index contributed by atoms with van der Waals surface area (Å²) in [7, 11) is 1.71. The van der Waals surface area contributed by atoms with Crippen LogP contribution in [0.15, 0.2) is 61.1 Å². The third-order valence-corrected chi connectivity index (χ3v) is 14.1. The highest BCUT2D eigenvalue weighted by atomic mass is 35.5. The van der Waals surface area contributed by atoms with Crippen molar-refractivity contribution in [2.75, 3.05) is 24.2 Å². The van der Waals surface area contributed by atoms with Crippen molar-refractivity contribution >= 4 is 52.7 Å². The molecule has 0 bridgehead atoms. The molecule has 7 rings (SSSR count). The number of amides is 4.